The molecule has 0 spiro atoms. The van der Waals surface area contributed by atoms with E-state index in [9.17, 15) is 4.39 Å². The Bertz CT molecular complexity index is 645. The lowest BCUT2D eigenvalue weighted by Crippen LogP contribution is -2.40. The summed E-state index contributed by atoms with van der Waals surface area (Å²) in [6, 6.07) is 16.6. The van der Waals surface area contributed by atoms with Crippen molar-refractivity contribution < 1.29 is 18.6 Å². The Morgan fingerprint density at radius 2 is 1.68 bits per heavy atom. The molecule has 4 heteroatoms. The third-order valence-corrected chi connectivity index (χ3v) is 4.93. The molecule has 0 saturated carbocycles. The van der Waals surface area contributed by atoms with E-state index < -0.39 is 0 Å². The Morgan fingerprint density at radius 1 is 0.964 bits per heavy atom. The molecule has 0 unspecified atom stereocenters. The Hall–Kier alpha value is -1.91. The smallest absolute Gasteiger partial charge is 0.128 e. The van der Waals surface area contributed by atoms with Crippen LogP contribution in [0.3, 0.4) is 0 Å². The van der Waals surface area contributed by atoms with Crippen LogP contribution in [-0.4, -0.2) is 32.5 Å². The monoisotopic (exact) mass is 388 g/mol. The average molecular weight is 389 g/mol. The van der Waals surface area contributed by atoms with E-state index in [-0.39, 0.29) is 23.9 Å². The Labute approximate surface area is 168 Å². The normalized spacial score (nSPS) is 14.4. The molecular weight excluding hydrogens is 355 g/mol. The van der Waals surface area contributed by atoms with Gasteiger partial charge < -0.3 is 14.2 Å². The number of ether oxygens (including phenoxy) is 3. The highest BCUT2D eigenvalue weighted by atomic mass is 19.1. The van der Waals surface area contributed by atoms with Gasteiger partial charge in [0.15, 0.2) is 0 Å². The summed E-state index contributed by atoms with van der Waals surface area (Å²) in [5.74, 6) is 0.799. The van der Waals surface area contributed by atoms with Crippen molar-refractivity contribution in [3.05, 3.63) is 66.0 Å². The number of unbranched alkanes of at least 4 members (excludes halogenated alkanes) is 1. The van der Waals surface area contributed by atoms with Gasteiger partial charge in [0.1, 0.15) is 17.7 Å². The second kappa shape index (κ2) is 12.5. The lowest BCUT2D eigenvalue weighted by atomic mass is 9.88. The molecule has 0 N–H and O–H groups in total. The molecule has 0 aliphatic rings. The van der Waals surface area contributed by atoms with Gasteiger partial charge in [-0.2, -0.15) is 0 Å². The lowest BCUT2D eigenvalue weighted by Gasteiger charge is -2.32. The molecule has 0 heterocycles. The van der Waals surface area contributed by atoms with Gasteiger partial charge in [0.2, 0.25) is 0 Å². The third kappa shape index (κ3) is 7.61. The third-order valence-electron chi connectivity index (χ3n) is 4.93. The summed E-state index contributed by atoms with van der Waals surface area (Å²) < 4.78 is 31.2. The molecule has 2 aromatic carbocycles. The summed E-state index contributed by atoms with van der Waals surface area (Å²) in [7, 11) is 1.71. The standard InChI is InChI=1S/C24H33FO3/c1-4-5-16-27-19(2)24(28-23-9-7-6-8-10-23)21(15-17-26-3)18-20-11-13-22(25)14-12-20/h6-14,19,21,24H,4-5,15-18H2,1-3H3/t19-,21+,24-/m0/s1. The second-order valence-corrected chi connectivity index (χ2v) is 7.20. The van der Waals surface area contributed by atoms with Crippen LogP contribution in [0.5, 0.6) is 5.75 Å². The van der Waals surface area contributed by atoms with E-state index in [4.69, 9.17) is 14.2 Å². The van der Waals surface area contributed by atoms with Crippen molar-refractivity contribution in [3.8, 4) is 5.75 Å². The van der Waals surface area contributed by atoms with Crippen LogP contribution in [0.15, 0.2) is 54.6 Å². The first-order valence-electron chi connectivity index (χ1n) is 10.2. The maximum Gasteiger partial charge on any atom is 0.128 e. The zero-order valence-corrected chi connectivity index (χ0v) is 17.3. The molecule has 3 atom stereocenters. The van der Waals surface area contributed by atoms with Crippen LogP contribution < -0.4 is 4.74 Å². The zero-order valence-electron chi connectivity index (χ0n) is 17.3. The van der Waals surface area contributed by atoms with Gasteiger partial charge in [0.05, 0.1) is 6.10 Å². The predicted octanol–water partition coefficient (Wildman–Crippen LogP) is 5.67. The van der Waals surface area contributed by atoms with Crippen LogP contribution in [0.4, 0.5) is 4.39 Å². The van der Waals surface area contributed by atoms with Gasteiger partial charge in [-0.25, -0.2) is 4.39 Å². The fraction of sp³-hybridized carbons (Fsp3) is 0.500. The molecular formula is C24H33FO3. The summed E-state index contributed by atoms with van der Waals surface area (Å²) in [6.45, 7) is 5.59. The van der Waals surface area contributed by atoms with Crippen LogP contribution in [0.2, 0.25) is 0 Å². The van der Waals surface area contributed by atoms with Crippen molar-refractivity contribution in [2.24, 2.45) is 5.92 Å². The van der Waals surface area contributed by atoms with Crippen molar-refractivity contribution in [2.45, 2.75) is 51.7 Å². The molecule has 2 rings (SSSR count). The van der Waals surface area contributed by atoms with Crippen LogP contribution in [0.1, 0.15) is 38.7 Å². The number of halogens is 1. The summed E-state index contributed by atoms with van der Waals surface area (Å²) >= 11 is 0. The quantitative estimate of drug-likeness (QED) is 0.414. The molecule has 2 aromatic rings. The number of benzene rings is 2. The van der Waals surface area contributed by atoms with E-state index in [1.165, 1.54) is 12.1 Å². The number of rotatable bonds is 13. The first kappa shape index (κ1) is 22.4. The van der Waals surface area contributed by atoms with Gasteiger partial charge >= 0.3 is 0 Å². The Balaban J connectivity index is 2.19. The van der Waals surface area contributed by atoms with Gasteiger partial charge in [-0.15, -0.1) is 0 Å². The first-order valence-corrected chi connectivity index (χ1v) is 10.2. The van der Waals surface area contributed by atoms with Crippen LogP contribution >= 0.6 is 0 Å². The van der Waals surface area contributed by atoms with Gasteiger partial charge in [-0.1, -0.05) is 43.7 Å². The van der Waals surface area contributed by atoms with E-state index in [1.807, 2.05) is 42.5 Å². The van der Waals surface area contributed by atoms with Gasteiger partial charge in [0.25, 0.3) is 0 Å². The van der Waals surface area contributed by atoms with E-state index >= 15 is 0 Å². The van der Waals surface area contributed by atoms with Crippen LogP contribution in [0.25, 0.3) is 0 Å². The SMILES string of the molecule is CCCCO[C@@H](C)[C@H](Oc1ccccc1)[C@H](CCOC)Cc1ccc(F)cc1. The minimum atomic E-state index is -0.217. The molecule has 0 saturated heterocycles. The molecule has 0 aliphatic carbocycles. The van der Waals surface area contributed by atoms with Crippen molar-refractivity contribution in [3.63, 3.8) is 0 Å². The highest BCUT2D eigenvalue weighted by molar-refractivity contribution is 5.22. The van der Waals surface area contributed by atoms with Crippen LogP contribution in [-0.2, 0) is 15.9 Å². The van der Waals surface area contributed by atoms with Crippen molar-refractivity contribution in [1.82, 2.24) is 0 Å². The number of hydrogen-bond acceptors (Lipinski definition) is 3. The topological polar surface area (TPSA) is 27.7 Å². The average Bonchev–Trinajstić information content (AvgIpc) is 2.72. The predicted molar refractivity (Wildman–Crippen MR) is 111 cm³/mol. The number of methoxy groups -OCH3 is 1. The van der Waals surface area contributed by atoms with E-state index in [2.05, 4.69) is 13.8 Å². The fourth-order valence-corrected chi connectivity index (χ4v) is 3.31. The van der Waals surface area contributed by atoms with Crippen molar-refractivity contribution in [1.29, 1.82) is 0 Å². The Morgan fingerprint density at radius 3 is 2.32 bits per heavy atom. The minimum Gasteiger partial charge on any atom is -0.487 e. The van der Waals surface area contributed by atoms with E-state index in [0.29, 0.717) is 6.61 Å². The molecule has 0 radical (unpaired) electrons. The number of hydrogen-bond donors (Lipinski definition) is 0. The minimum absolute atomic E-state index is 0.0611. The Kier molecular flexibility index (Phi) is 10.0. The molecule has 0 amide bonds. The van der Waals surface area contributed by atoms with E-state index in [1.54, 1.807) is 7.11 Å². The maximum absolute atomic E-state index is 13.3. The molecule has 3 nitrogen and oxygen atoms in total. The molecule has 154 valence electrons. The zero-order chi connectivity index (χ0) is 20.2. The summed E-state index contributed by atoms with van der Waals surface area (Å²) in [5.41, 5.74) is 1.09. The molecule has 0 bridgehead atoms. The first-order chi connectivity index (χ1) is 13.6. The van der Waals surface area contributed by atoms with Gasteiger partial charge in [0, 0.05) is 26.2 Å². The van der Waals surface area contributed by atoms with Crippen molar-refractivity contribution >= 4 is 0 Å². The van der Waals surface area contributed by atoms with Gasteiger partial charge in [-0.05, 0) is 56.0 Å². The summed E-state index contributed by atoms with van der Waals surface area (Å²) in [5, 5.41) is 0. The van der Waals surface area contributed by atoms with Crippen LogP contribution in [0, 0.1) is 11.7 Å². The van der Waals surface area contributed by atoms with E-state index in [0.717, 1.165) is 43.6 Å². The lowest BCUT2D eigenvalue weighted by molar-refractivity contribution is -0.0450. The largest absolute Gasteiger partial charge is 0.487 e. The highest BCUT2D eigenvalue weighted by Gasteiger charge is 2.30. The van der Waals surface area contributed by atoms with Gasteiger partial charge in [-0.3, -0.25) is 0 Å². The molecule has 0 aromatic heterocycles. The second-order valence-electron chi connectivity index (χ2n) is 7.20. The fourth-order valence-electron chi connectivity index (χ4n) is 3.31. The van der Waals surface area contributed by atoms with Crippen molar-refractivity contribution in [2.75, 3.05) is 20.3 Å². The number of para-hydroxylation sites is 1. The molecule has 0 fully saturated rings. The summed E-state index contributed by atoms with van der Waals surface area (Å²) in [6.07, 6.45) is 3.56. The molecule has 0 aliphatic heterocycles. The molecule has 28 heavy (non-hydrogen) atoms. The maximum atomic E-state index is 13.3. The highest BCUT2D eigenvalue weighted by Crippen LogP contribution is 2.26. The summed E-state index contributed by atoms with van der Waals surface area (Å²) in [4.78, 5) is 0.